The number of guanidine groups is 1. The summed E-state index contributed by atoms with van der Waals surface area (Å²) in [6, 6.07) is 0.397. The lowest BCUT2D eigenvalue weighted by Gasteiger charge is -2.21. The number of carbonyl (C=O) groups is 1. The fraction of sp³-hybridized carbons (Fsp3) is 0.900. The summed E-state index contributed by atoms with van der Waals surface area (Å²) >= 11 is 0. The molecule has 0 heterocycles. The van der Waals surface area contributed by atoms with Crippen LogP contribution in [0, 0.1) is 0 Å². The average molecular weight is 367 g/mol. The number of ether oxygens (including phenoxy) is 1. The molecule has 2 saturated carbocycles. The minimum atomic E-state index is 0.140. The summed E-state index contributed by atoms with van der Waals surface area (Å²) in [7, 11) is 0. The van der Waals surface area contributed by atoms with Crippen LogP contribution < -0.4 is 16.0 Å². The minimum Gasteiger partial charge on any atom is -0.378 e. The first-order chi connectivity index (χ1) is 12.8. The Morgan fingerprint density at radius 3 is 2.50 bits per heavy atom. The van der Waals surface area contributed by atoms with Crippen molar-refractivity contribution in [3.63, 3.8) is 0 Å². The van der Waals surface area contributed by atoms with E-state index in [1.165, 1.54) is 44.9 Å². The van der Waals surface area contributed by atoms with Gasteiger partial charge in [0.1, 0.15) is 0 Å². The van der Waals surface area contributed by atoms with E-state index in [2.05, 4.69) is 27.9 Å². The van der Waals surface area contributed by atoms with Gasteiger partial charge in [0.2, 0.25) is 5.91 Å². The Balaban J connectivity index is 1.55. The number of rotatable bonds is 10. The average Bonchev–Trinajstić information content (AvgIpc) is 3.15. The van der Waals surface area contributed by atoms with Gasteiger partial charge in [0.25, 0.3) is 0 Å². The largest absolute Gasteiger partial charge is 0.378 e. The number of carbonyl (C=O) groups excluding carboxylic acids is 1. The molecule has 0 saturated heterocycles. The number of amides is 1. The Kier molecular flexibility index (Phi) is 10.5. The van der Waals surface area contributed by atoms with Crippen LogP contribution in [0.3, 0.4) is 0 Å². The highest BCUT2D eigenvalue weighted by molar-refractivity contribution is 5.81. The van der Waals surface area contributed by atoms with E-state index in [0.717, 1.165) is 44.9 Å². The van der Waals surface area contributed by atoms with Crippen molar-refractivity contribution >= 4 is 11.9 Å². The molecule has 0 bridgehead atoms. The van der Waals surface area contributed by atoms with E-state index in [1.807, 2.05) is 0 Å². The van der Waals surface area contributed by atoms with Gasteiger partial charge in [0, 0.05) is 38.7 Å². The van der Waals surface area contributed by atoms with Gasteiger partial charge in [-0.2, -0.15) is 0 Å². The van der Waals surface area contributed by atoms with Crippen molar-refractivity contribution in [2.75, 3.05) is 26.2 Å². The molecular weight excluding hydrogens is 328 g/mol. The molecule has 1 amide bonds. The maximum absolute atomic E-state index is 12.0. The summed E-state index contributed by atoms with van der Waals surface area (Å²) in [5.41, 5.74) is 0. The van der Waals surface area contributed by atoms with Gasteiger partial charge in [-0.15, -0.1) is 0 Å². The molecule has 2 fully saturated rings. The van der Waals surface area contributed by atoms with E-state index in [0.29, 0.717) is 25.1 Å². The van der Waals surface area contributed by atoms with Crippen molar-refractivity contribution < 1.29 is 9.53 Å². The van der Waals surface area contributed by atoms with Crippen molar-refractivity contribution in [3.05, 3.63) is 0 Å². The fourth-order valence-corrected chi connectivity index (χ4v) is 3.74. The summed E-state index contributed by atoms with van der Waals surface area (Å²) in [4.78, 5) is 16.5. The molecule has 0 aromatic rings. The molecule has 0 aromatic heterocycles. The van der Waals surface area contributed by atoms with Gasteiger partial charge >= 0.3 is 0 Å². The second-order valence-electron chi connectivity index (χ2n) is 7.47. The molecule has 0 aliphatic heterocycles. The fourth-order valence-electron chi connectivity index (χ4n) is 3.74. The summed E-state index contributed by atoms with van der Waals surface area (Å²) in [5.74, 6) is 0.931. The molecule has 6 heteroatoms. The molecular formula is C20H38N4O2. The summed E-state index contributed by atoms with van der Waals surface area (Å²) in [6.07, 6.45) is 13.1. The van der Waals surface area contributed by atoms with Gasteiger partial charge < -0.3 is 20.7 Å². The number of nitrogens with one attached hydrogen (secondary N) is 3. The maximum atomic E-state index is 12.0. The summed E-state index contributed by atoms with van der Waals surface area (Å²) in [5, 5.41) is 9.61. The third-order valence-corrected chi connectivity index (χ3v) is 5.19. The lowest BCUT2D eigenvalue weighted by molar-refractivity contribution is -0.121. The van der Waals surface area contributed by atoms with Crippen LogP contribution in [-0.4, -0.2) is 50.3 Å². The molecule has 2 aliphatic rings. The second kappa shape index (κ2) is 13.0. The van der Waals surface area contributed by atoms with Crippen LogP contribution in [0.4, 0.5) is 0 Å². The first-order valence-electron chi connectivity index (χ1n) is 10.7. The molecule has 0 aromatic carbocycles. The lowest BCUT2D eigenvalue weighted by atomic mass is 9.98. The standard InChI is InChI=1S/C20H38N4O2/c1-2-21-20(22-14-8-16-26-18-11-4-3-5-12-18)23-15-13-19(25)24-17-9-6-7-10-17/h17-18H,2-16H2,1H3,(H,24,25)(H2,21,22,23). The predicted octanol–water partition coefficient (Wildman–Crippen LogP) is 2.73. The van der Waals surface area contributed by atoms with Crippen LogP contribution in [0.2, 0.25) is 0 Å². The van der Waals surface area contributed by atoms with Crippen LogP contribution in [-0.2, 0) is 9.53 Å². The van der Waals surface area contributed by atoms with Crippen LogP contribution in [0.1, 0.15) is 77.6 Å². The van der Waals surface area contributed by atoms with Crippen molar-refractivity contribution in [1.29, 1.82) is 0 Å². The number of hydrogen-bond acceptors (Lipinski definition) is 3. The van der Waals surface area contributed by atoms with E-state index in [-0.39, 0.29) is 5.91 Å². The number of nitrogens with zero attached hydrogens (tertiary/aromatic N) is 1. The molecule has 0 radical (unpaired) electrons. The van der Waals surface area contributed by atoms with E-state index in [1.54, 1.807) is 0 Å². The second-order valence-corrected chi connectivity index (χ2v) is 7.47. The number of hydrogen-bond donors (Lipinski definition) is 3. The molecule has 26 heavy (non-hydrogen) atoms. The molecule has 0 unspecified atom stereocenters. The number of aliphatic imine (C=N–C) groups is 1. The van der Waals surface area contributed by atoms with Crippen LogP contribution in [0.15, 0.2) is 4.99 Å². The van der Waals surface area contributed by atoms with Gasteiger partial charge in [0.15, 0.2) is 5.96 Å². The zero-order valence-electron chi connectivity index (χ0n) is 16.5. The SMILES string of the molecule is CCNC(=NCCCOC1CCCCC1)NCCC(=O)NC1CCCC1. The highest BCUT2D eigenvalue weighted by Crippen LogP contribution is 2.20. The zero-order valence-corrected chi connectivity index (χ0v) is 16.5. The molecule has 6 nitrogen and oxygen atoms in total. The Morgan fingerprint density at radius 2 is 1.77 bits per heavy atom. The molecule has 0 atom stereocenters. The highest BCUT2D eigenvalue weighted by atomic mass is 16.5. The van der Waals surface area contributed by atoms with E-state index in [4.69, 9.17) is 4.74 Å². The third kappa shape index (κ3) is 8.88. The summed E-state index contributed by atoms with van der Waals surface area (Å²) in [6.45, 7) is 5.02. The smallest absolute Gasteiger partial charge is 0.221 e. The third-order valence-electron chi connectivity index (χ3n) is 5.19. The van der Waals surface area contributed by atoms with Gasteiger partial charge in [-0.25, -0.2) is 0 Å². The van der Waals surface area contributed by atoms with Crippen molar-refractivity contribution in [1.82, 2.24) is 16.0 Å². The normalized spacial score (nSPS) is 19.5. The van der Waals surface area contributed by atoms with Crippen LogP contribution in [0.25, 0.3) is 0 Å². The lowest BCUT2D eigenvalue weighted by Crippen LogP contribution is -2.40. The van der Waals surface area contributed by atoms with Gasteiger partial charge in [-0.05, 0) is 39.0 Å². The molecule has 2 rings (SSSR count). The first kappa shape index (κ1) is 21.0. The van der Waals surface area contributed by atoms with Crippen molar-refractivity contribution in [3.8, 4) is 0 Å². The van der Waals surface area contributed by atoms with E-state index < -0.39 is 0 Å². The van der Waals surface area contributed by atoms with Crippen LogP contribution >= 0.6 is 0 Å². The Morgan fingerprint density at radius 1 is 1.04 bits per heavy atom. The predicted molar refractivity (Wildman–Crippen MR) is 106 cm³/mol. The Bertz CT molecular complexity index is 416. The quantitative estimate of drug-likeness (QED) is 0.316. The topological polar surface area (TPSA) is 74.8 Å². The Labute approximate surface area is 158 Å². The van der Waals surface area contributed by atoms with Gasteiger partial charge in [0.05, 0.1) is 6.10 Å². The minimum absolute atomic E-state index is 0.140. The molecule has 0 spiro atoms. The molecule has 3 N–H and O–H groups in total. The van der Waals surface area contributed by atoms with Gasteiger partial charge in [-0.1, -0.05) is 32.1 Å². The monoisotopic (exact) mass is 366 g/mol. The van der Waals surface area contributed by atoms with E-state index in [9.17, 15) is 4.79 Å². The van der Waals surface area contributed by atoms with Crippen molar-refractivity contribution in [2.24, 2.45) is 4.99 Å². The first-order valence-corrected chi connectivity index (χ1v) is 10.7. The molecule has 150 valence electrons. The van der Waals surface area contributed by atoms with Crippen molar-refractivity contribution in [2.45, 2.75) is 89.7 Å². The summed E-state index contributed by atoms with van der Waals surface area (Å²) < 4.78 is 5.94. The van der Waals surface area contributed by atoms with Gasteiger partial charge in [-0.3, -0.25) is 9.79 Å². The molecule has 2 aliphatic carbocycles. The van der Waals surface area contributed by atoms with E-state index >= 15 is 0 Å². The highest BCUT2D eigenvalue weighted by Gasteiger charge is 2.16. The van der Waals surface area contributed by atoms with Crippen LogP contribution in [0.5, 0.6) is 0 Å². The maximum Gasteiger partial charge on any atom is 0.221 e. The zero-order chi connectivity index (χ0) is 18.5. The Hall–Kier alpha value is -1.30.